The number of nitrogens with zero attached hydrogens (tertiary/aromatic N) is 3. The number of hydrogen-bond acceptors (Lipinski definition) is 5. The van der Waals surface area contributed by atoms with E-state index in [1.54, 1.807) is 14.2 Å². The smallest absolute Gasteiger partial charge is 0.239 e. The second-order valence-electron chi connectivity index (χ2n) is 9.60. The van der Waals surface area contributed by atoms with Crippen molar-refractivity contribution in [1.29, 1.82) is 0 Å². The van der Waals surface area contributed by atoms with Crippen molar-refractivity contribution in [1.82, 2.24) is 9.80 Å². The van der Waals surface area contributed by atoms with Crippen LogP contribution >= 0.6 is 0 Å². The van der Waals surface area contributed by atoms with E-state index in [4.69, 9.17) is 9.47 Å². The lowest BCUT2D eigenvalue weighted by Gasteiger charge is -2.45. The maximum absolute atomic E-state index is 14.2. The van der Waals surface area contributed by atoms with E-state index in [1.165, 1.54) is 5.56 Å². The molecule has 1 amide bonds. The number of fused-ring (bicyclic) bond motifs is 1. The molecule has 0 saturated carbocycles. The summed E-state index contributed by atoms with van der Waals surface area (Å²) in [6.45, 7) is 5.46. The number of carbonyl (C=O) groups excluding carboxylic acids is 1. The third-order valence-corrected chi connectivity index (χ3v) is 7.64. The first-order valence-electron chi connectivity index (χ1n) is 12.7. The number of piperazine rings is 1. The topological polar surface area (TPSA) is 45.2 Å². The average molecular weight is 486 g/mol. The number of anilines is 1. The fourth-order valence-electron chi connectivity index (χ4n) is 5.81. The highest BCUT2D eigenvalue weighted by molar-refractivity contribution is 5.94. The highest BCUT2D eigenvalue weighted by Gasteiger charge is 2.48. The van der Waals surface area contributed by atoms with Crippen LogP contribution in [0.3, 0.4) is 0 Å². The molecule has 188 valence electrons. The maximum Gasteiger partial charge on any atom is 0.239 e. The number of ether oxygens (including phenoxy) is 2. The monoisotopic (exact) mass is 485 g/mol. The Bertz CT molecular complexity index is 1180. The van der Waals surface area contributed by atoms with Gasteiger partial charge in [0, 0.05) is 39.8 Å². The van der Waals surface area contributed by atoms with Gasteiger partial charge in [0.2, 0.25) is 5.91 Å². The van der Waals surface area contributed by atoms with Gasteiger partial charge in [0.05, 0.1) is 12.8 Å². The molecular weight excluding hydrogens is 450 g/mol. The molecule has 3 aromatic rings. The normalized spacial score (nSPS) is 20.3. The molecule has 0 bridgehead atoms. The number of methoxy groups -OCH3 is 2. The predicted octanol–water partition coefficient (Wildman–Crippen LogP) is 4.14. The Hall–Kier alpha value is -3.35. The number of amides is 1. The Morgan fingerprint density at radius 2 is 1.53 bits per heavy atom. The van der Waals surface area contributed by atoms with Gasteiger partial charge in [-0.15, -0.1) is 0 Å². The van der Waals surface area contributed by atoms with E-state index >= 15 is 0 Å². The SMILES string of the molecule is COCN1Cc2ccccc2C(CCN2CCN(c3ccccc3OC)CC2)(c2ccccc2)C1=O. The van der Waals surface area contributed by atoms with Crippen molar-refractivity contribution in [3.05, 3.63) is 95.6 Å². The predicted molar refractivity (Wildman–Crippen MR) is 142 cm³/mol. The fraction of sp³-hybridized carbons (Fsp3) is 0.367. The Morgan fingerprint density at radius 1 is 0.833 bits per heavy atom. The van der Waals surface area contributed by atoms with Crippen LogP contribution in [-0.2, 0) is 21.5 Å². The quantitative estimate of drug-likeness (QED) is 0.480. The van der Waals surface area contributed by atoms with Gasteiger partial charge in [0.1, 0.15) is 17.9 Å². The molecule has 0 radical (unpaired) electrons. The Morgan fingerprint density at radius 3 is 2.28 bits per heavy atom. The third kappa shape index (κ3) is 4.47. The zero-order valence-electron chi connectivity index (χ0n) is 21.2. The number of para-hydroxylation sites is 2. The summed E-state index contributed by atoms with van der Waals surface area (Å²) in [5.41, 5.74) is 3.79. The van der Waals surface area contributed by atoms with E-state index in [0.29, 0.717) is 13.3 Å². The second-order valence-corrected chi connectivity index (χ2v) is 9.60. The highest BCUT2D eigenvalue weighted by Crippen LogP contribution is 2.43. The van der Waals surface area contributed by atoms with Gasteiger partial charge in [-0.2, -0.15) is 0 Å². The van der Waals surface area contributed by atoms with Crippen molar-refractivity contribution in [2.75, 3.05) is 58.6 Å². The first-order chi connectivity index (χ1) is 17.7. The average Bonchev–Trinajstić information content (AvgIpc) is 2.94. The molecule has 2 heterocycles. The van der Waals surface area contributed by atoms with Crippen LogP contribution in [0.5, 0.6) is 5.75 Å². The Kier molecular flexibility index (Phi) is 7.25. The van der Waals surface area contributed by atoms with E-state index < -0.39 is 5.41 Å². The zero-order valence-corrected chi connectivity index (χ0v) is 21.2. The summed E-state index contributed by atoms with van der Waals surface area (Å²) in [7, 11) is 3.38. The van der Waals surface area contributed by atoms with E-state index in [1.807, 2.05) is 35.2 Å². The number of hydrogen-bond donors (Lipinski definition) is 0. The molecule has 1 saturated heterocycles. The van der Waals surface area contributed by atoms with Crippen LogP contribution in [0.4, 0.5) is 5.69 Å². The molecule has 6 nitrogen and oxygen atoms in total. The summed E-state index contributed by atoms with van der Waals surface area (Å²) >= 11 is 0. The fourth-order valence-corrected chi connectivity index (χ4v) is 5.81. The largest absolute Gasteiger partial charge is 0.495 e. The van der Waals surface area contributed by atoms with Crippen molar-refractivity contribution >= 4 is 11.6 Å². The number of rotatable bonds is 8. The second kappa shape index (κ2) is 10.7. The van der Waals surface area contributed by atoms with Crippen LogP contribution in [-0.4, -0.2) is 69.4 Å². The van der Waals surface area contributed by atoms with Crippen molar-refractivity contribution in [2.24, 2.45) is 0 Å². The van der Waals surface area contributed by atoms with Gasteiger partial charge in [-0.05, 0) is 41.8 Å². The van der Waals surface area contributed by atoms with E-state index in [9.17, 15) is 4.79 Å². The molecule has 1 fully saturated rings. The standard InChI is InChI=1S/C30H35N3O3/c1-35-23-33-22-24-10-6-7-13-26(24)30(29(33)34,25-11-4-3-5-12-25)16-17-31-18-20-32(21-19-31)27-14-8-9-15-28(27)36-2/h3-15H,16-23H2,1-2H3. The molecule has 0 aromatic heterocycles. The summed E-state index contributed by atoms with van der Waals surface area (Å²) in [6.07, 6.45) is 0.724. The lowest BCUT2D eigenvalue weighted by Crippen LogP contribution is -2.54. The van der Waals surface area contributed by atoms with Crippen LogP contribution in [0.1, 0.15) is 23.1 Å². The Balaban J connectivity index is 1.40. The molecule has 36 heavy (non-hydrogen) atoms. The third-order valence-electron chi connectivity index (χ3n) is 7.64. The molecule has 1 unspecified atom stereocenters. The minimum absolute atomic E-state index is 0.127. The molecule has 2 aliphatic rings. The Labute approximate surface area is 214 Å². The maximum atomic E-state index is 14.2. The molecule has 6 heteroatoms. The van der Waals surface area contributed by atoms with Crippen molar-refractivity contribution in [3.63, 3.8) is 0 Å². The van der Waals surface area contributed by atoms with Gasteiger partial charge in [-0.3, -0.25) is 9.69 Å². The number of carbonyl (C=O) groups is 1. The van der Waals surface area contributed by atoms with Crippen LogP contribution < -0.4 is 9.64 Å². The first-order valence-corrected chi connectivity index (χ1v) is 12.7. The highest BCUT2D eigenvalue weighted by atomic mass is 16.5. The van der Waals surface area contributed by atoms with Crippen LogP contribution in [0.15, 0.2) is 78.9 Å². The molecular formula is C30H35N3O3. The van der Waals surface area contributed by atoms with Crippen molar-refractivity contribution < 1.29 is 14.3 Å². The molecule has 2 aliphatic heterocycles. The molecule has 5 rings (SSSR count). The van der Waals surface area contributed by atoms with Gasteiger partial charge in [-0.25, -0.2) is 0 Å². The molecule has 0 N–H and O–H groups in total. The van der Waals surface area contributed by atoms with Crippen LogP contribution in [0.2, 0.25) is 0 Å². The molecule has 0 aliphatic carbocycles. The zero-order chi connectivity index (χ0) is 25.0. The van der Waals surface area contributed by atoms with Crippen LogP contribution in [0, 0.1) is 0 Å². The van der Waals surface area contributed by atoms with Gasteiger partial charge in [0.25, 0.3) is 0 Å². The van der Waals surface area contributed by atoms with Crippen molar-refractivity contribution in [3.8, 4) is 5.75 Å². The number of benzene rings is 3. The van der Waals surface area contributed by atoms with Gasteiger partial charge in [-0.1, -0.05) is 66.7 Å². The van der Waals surface area contributed by atoms with Crippen molar-refractivity contribution in [2.45, 2.75) is 18.4 Å². The van der Waals surface area contributed by atoms with E-state index in [-0.39, 0.29) is 5.91 Å². The lowest BCUT2D eigenvalue weighted by atomic mass is 9.67. The first kappa shape index (κ1) is 24.3. The molecule has 0 spiro atoms. The summed E-state index contributed by atoms with van der Waals surface area (Å²) in [4.78, 5) is 20.9. The van der Waals surface area contributed by atoms with Gasteiger partial charge < -0.3 is 19.3 Å². The van der Waals surface area contributed by atoms with E-state index in [0.717, 1.165) is 61.7 Å². The summed E-state index contributed by atoms with van der Waals surface area (Å²) < 4.78 is 11.0. The van der Waals surface area contributed by atoms with E-state index in [2.05, 4.69) is 58.3 Å². The van der Waals surface area contributed by atoms with Crippen LogP contribution in [0.25, 0.3) is 0 Å². The summed E-state index contributed by atoms with van der Waals surface area (Å²) in [5.74, 6) is 1.04. The van der Waals surface area contributed by atoms with Gasteiger partial charge >= 0.3 is 0 Å². The minimum Gasteiger partial charge on any atom is -0.495 e. The minimum atomic E-state index is -0.728. The summed E-state index contributed by atoms with van der Waals surface area (Å²) in [5, 5.41) is 0. The lowest BCUT2D eigenvalue weighted by molar-refractivity contribution is -0.143. The molecule has 1 atom stereocenters. The van der Waals surface area contributed by atoms with Gasteiger partial charge in [0.15, 0.2) is 0 Å². The molecule has 3 aromatic carbocycles. The summed E-state index contributed by atoms with van der Waals surface area (Å²) in [6, 6.07) is 26.9.